The van der Waals surface area contributed by atoms with Crippen molar-refractivity contribution in [1.29, 1.82) is 0 Å². The number of rotatable bonds is 1. The highest BCUT2D eigenvalue weighted by Crippen LogP contribution is 1.57. The number of nitrogens with one attached hydrogen (secondary N) is 1. The topological polar surface area (TPSA) is 55.1 Å². The van der Waals surface area contributed by atoms with Crippen molar-refractivity contribution in [3.8, 4) is 0 Å². The number of carbonyl (C=O) groups excluding carboxylic acids is 1. The molecule has 2 amide bonds. The average molecular weight is 87.1 g/mol. The second kappa shape index (κ2) is 2.50. The molecule has 0 aromatic rings. The molecule has 0 aliphatic heterocycles. The van der Waals surface area contributed by atoms with E-state index in [9.17, 15) is 4.79 Å². The van der Waals surface area contributed by atoms with Crippen LogP contribution < -0.4 is 11.1 Å². The monoisotopic (exact) mass is 87.1 g/mol. The molecule has 0 fully saturated rings. The van der Waals surface area contributed by atoms with E-state index in [1.54, 1.807) is 6.92 Å². The molecule has 0 bridgehead atoms. The van der Waals surface area contributed by atoms with Gasteiger partial charge >= 0.3 is 6.03 Å². The summed E-state index contributed by atoms with van der Waals surface area (Å²) in [5.74, 6) is 0. The first-order valence-electron chi connectivity index (χ1n) is 1.61. The Balaban J connectivity index is 2.83. The molecule has 0 unspecified atom stereocenters. The number of hydrogen-bond donors (Lipinski definition) is 2. The van der Waals surface area contributed by atoms with Gasteiger partial charge in [0.25, 0.3) is 0 Å². The van der Waals surface area contributed by atoms with Crippen molar-refractivity contribution < 1.29 is 4.79 Å². The molecule has 0 spiro atoms. The fraction of sp³-hybridized carbons (Fsp3) is 0.333. The van der Waals surface area contributed by atoms with Gasteiger partial charge in [0.05, 0.1) is 0 Å². The lowest BCUT2D eigenvalue weighted by molar-refractivity contribution is 0.251. The number of hydrogen-bond acceptors (Lipinski definition) is 1. The summed E-state index contributed by atoms with van der Waals surface area (Å²) in [5, 5.41) is 2.22. The molecule has 3 nitrogen and oxygen atoms in total. The van der Waals surface area contributed by atoms with E-state index < -0.39 is 6.03 Å². The van der Waals surface area contributed by atoms with Crippen molar-refractivity contribution in [1.82, 2.24) is 5.32 Å². The number of nitrogens with two attached hydrogens (primary N) is 1. The van der Waals surface area contributed by atoms with Gasteiger partial charge in [-0.15, -0.1) is 0 Å². The maximum atomic E-state index is 9.68. The van der Waals surface area contributed by atoms with Crippen molar-refractivity contribution >= 4 is 6.03 Å². The third kappa shape index (κ3) is 3.27. The summed E-state index contributed by atoms with van der Waals surface area (Å²) in [6, 6.07) is -0.516. The summed E-state index contributed by atoms with van der Waals surface area (Å²) in [5.41, 5.74) is 4.62. The zero-order chi connectivity index (χ0) is 4.99. The largest absolute Gasteiger partial charge is 0.352 e. The Kier molecular flexibility index (Phi) is 2.20. The van der Waals surface area contributed by atoms with Gasteiger partial charge in [-0.3, -0.25) is 0 Å². The Morgan fingerprint density at radius 1 is 2.00 bits per heavy atom. The summed E-state index contributed by atoms with van der Waals surface area (Å²) in [6.45, 7) is 3.16. The maximum Gasteiger partial charge on any atom is 0.312 e. The Bertz CT molecular complexity index is 52.8. The summed E-state index contributed by atoms with van der Waals surface area (Å²) >= 11 is 0. The second-order valence-corrected chi connectivity index (χ2v) is 0.797. The van der Waals surface area contributed by atoms with Crippen LogP contribution in [0, 0.1) is 6.54 Å². The van der Waals surface area contributed by atoms with Crippen molar-refractivity contribution in [2.45, 2.75) is 6.92 Å². The van der Waals surface area contributed by atoms with E-state index in [4.69, 9.17) is 0 Å². The van der Waals surface area contributed by atoms with Crippen LogP contribution in [0.3, 0.4) is 0 Å². The van der Waals surface area contributed by atoms with Gasteiger partial charge < -0.3 is 11.1 Å². The molecule has 1 radical (unpaired) electrons. The summed E-state index contributed by atoms with van der Waals surface area (Å²) in [7, 11) is 0. The third-order valence-corrected chi connectivity index (χ3v) is 0.287. The predicted octanol–water partition coefficient (Wildman–Crippen LogP) is -0.164. The predicted molar refractivity (Wildman–Crippen MR) is 22.7 cm³/mol. The molecule has 0 atom stereocenters. The number of primary amides is 1. The molecule has 0 heterocycles. The van der Waals surface area contributed by atoms with Crippen LogP contribution in [0.2, 0.25) is 0 Å². The molecule has 3 heteroatoms. The van der Waals surface area contributed by atoms with Crippen LogP contribution in [0.15, 0.2) is 0 Å². The normalized spacial score (nSPS) is 7.50. The zero-order valence-corrected chi connectivity index (χ0v) is 3.56. The molecule has 0 aliphatic carbocycles. The lowest BCUT2D eigenvalue weighted by Gasteiger charge is -1.87. The van der Waals surface area contributed by atoms with Gasteiger partial charge in [-0.05, 0) is 6.92 Å². The van der Waals surface area contributed by atoms with E-state index >= 15 is 0 Å². The second-order valence-electron chi connectivity index (χ2n) is 0.797. The van der Waals surface area contributed by atoms with Crippen LogP contribution in [0.5, 0.6) is 0 Å². The van der Waals surface area contributed by atoms with Gasteiger partial charge in [0.2, 0.25) is 0 Å². The Morgan fingerprint density at radius 2 is 2.50 bits per heavy atom. The molecule has 6 heavy (non-hydrogen) atoms. The van der Waals surface area contributed by atoms with Crippen LogP contribution in [0.25, 0.3) is 0 Å². The lowest BCUT2D eigenvalue weighted by Crippen LogP contribution is -2.25. The van der Waals surface area contributed by atoms with Crippen LogP contribution in [0.1, 0.15) is 6.92 Å². The van der Waals surface area contributed by atoms with Gasteiger partial charge in [0, 0.05) is 6.54 Å². The molecular formula is C3H7N2O. The van der Waals surface area contributed by atoms with E-state index in [-0.39, 0.29) is 0 Å². The molecular weight excluding hydrogens is 80.0 g/mol. The summed E-state index contributed by atoms with van der Waals surface area (Å²) in [6.07, 6.45) is 0. The average Bonchev–Trinajstić information content (AvgIpc) is 1.35. The van der Waals surface area contributed by atoms with Crippen molar-refractivity contribution in [3.63, 3.8) is 0 Å². The van der Waals surface area contributed by atoms with Gasteiger partial charge in [0.1, 0.15) is 0 Å². The van der Waals surface area contributed by atoms with Crippen LogP contribution in [-0.2, 0) is 0 Å². The van der Waals surface area contributed by atoms with E-state index in [0.717, 1.165) is 0 Å². The zero-order valence-electron chi connectivity index (χ0n) is 3.56. The first-order valence-corrected chi connectivity index (χ1v) is 1.61. The number of urea groups is 1. The minimum Gasteiger partial charge on any atom is -0.352 e. The Labute approximate surface area is 36.5 Å². The fourth-order valence-corrected chi connectivity index (χ4v) is 0.142. The SMILES string of the molecule is C[CH]NC(N)=O. The third-order valence-electron chi connectivity index (χ3n) is 0.287. The maximum absolute atomic E-state index is 9.68. The smallest absolute Gasteiger partial charge is 0.312 e. The van der Waals surface area contributed by atoms with Crippen LogP contribution >= 0.6 is 0 Å². The van der Waals surface area contributed by atoms with E-state index in [1.807, 2.05) is 0 Å². The number of carbonyl (C=O) groups is 1. The number of amides is 2. The quantitative estimate of drug-likeness (QED) is 0.458. The van der Waals surface area contributed by atoms with Crippen LogP contribution in [0.4, 0.5) is 4.79 Å². The van der Waals surface area contributed by atoms with E-state index in [1.165, 1.54) is 6.54 Å². The fourth-order valence-electron chi connectivity index (χ4n) is 0.142. The molecule has 0 saturated carbocycles. The summed E-state index contributed by atoms with van der Waals surface area (Å²) < 4.78 is 0. The van der Waals surface area contributed by atoms with Crippen molar-refractivity contribution in [2.24, 2.45) is 5.73 Å². The van der Waals surface area contributed by atoms with Gasteiger partial charge in [-0.2, -0.15) is 0 Å². The molecule has 0 aliphatic rings. The molecule has 0 aromatic heterocycles. The minimum atomic E-state index is -0.516. The standard InChI is InChI=1S/C3H7N2O/c1-2-5-3(4)6/h2H,1H3,(H3,4,5,6). The van der Waals surface area contributed by atoms with Crippen molar-refractivity contribution in [3.05, 3.63) is 6.54 Å². The lowest BCUT2D eigenvalue weighted by atomic mass is 10.7. The molecule has 35 valence electrons. The van der Waals surface area contributed by atoms with Crippen LogP contribution in [-0.4, -0.2) is 6.03 Å². The van der Waals surface area contributed by atoms with E-state index in [2.05, 4.69) is 11.1 Å². The van der Waals surface area contributed by atoms with Crippen molar-refractivity contribution in [2.75, 3.05) is 0 Å². The molecule has 0 rings (SSSR count). The minimum absolute atomic E-state index is 0.516. The first-order chi connectivity index (χ1) is 2.77. The molecule has 3 N–H and O–H groups in total. The van der Waals surface area contributed by atoms with E-state index in [0.29, 0.717) is 0 Å². The van der Waals surface area contributed by atoms with Gasteiger partial charge in [-0.25, -0.2) is 4.79 Å². The highest BCUT2D eigenvalue weighted by molar-refractivity contribution is 5.72. The van der Waals surface area contributed by atoms with Gasteiger partial charge in [0.15, 0.2) is 0 Å². The Morgan fingerprint density at radius 3 is 2.50 bits per heavy atom. The highest BCUT2D eigenvalue weighted by Gasteiger charge is 1.80. The van der Waals surface area contributed by atoms with Gasteiger partial charge in [-0.1, -0.05) is 0 Å². The summed E-state index contributed by atoms with van der Waals surface area (Å²) in [4.78, 5) is 9.68. The Hall–Kier alpha value is -0.730. The molecule has 0 saturated heterocycles. The first kappa shape index (κ1) is 5.27. The highest BCUT2D eigenvalue weighted by atomic mass is 16.2. The molecule has 0 aromatic carbocycles.